The van der Waals surface area contributed by atoms with Crippen LogP contribution in [0.4, 0.5) is 11.4 Å². The van der Waals surface area contributed by atoms with E-state index in [9.17, 15) is 24.3 Å². The van der Waals surface area contributed by atoms with Gasteiger partial charge >= 0.3 is 0 Å². The van der Waals surface area contributed by atoms with Crippen molar-refractivity contribution < 1.29 is 33.8 Å². The third-order valence-electron chi connectivity index (χ3n) is 11.5. The van der Waals surface area contributed by atoms with Crippen LogP contribution in [0.1, 0.15) is 59.7 Å². The summed E-state index contributed by atoms with van der Waals surface area (Å²) in [5.41, 5.74) is 6.19. The molecule has 2 N–H and O–H groups in total. The number of allylic oxidation sites excluding steroid dienone is 2. The van der Waals surface area contributed by atoms with Gasteiger partial charge < -0.3 is 9.84 Å². The zero-order valence-corrected chi connectivity index (χ0v) is 29.6. The second kappa shape index (κ2) is 12.9. The molecule has 0 bridgehead atoms. The highest BCUT2D eigenvalue weighted by Crippen LogP contribution is 2.64. The van der Waals surface area contributed by atoms with Gasteiger partial charge in [-0.15, -0.1) is 0 Å². The Labute approximate surface area is 307 Å². The highest BCUT2D eigenvalue weighted by molar-refractivity contribution is 6.22. The standard InChI is InChI=1S/C43H39N3O7/c1-4-53-36-22-27(14-21-35(36)48)38-31-19-20-32-37(41(51)45(39(32)49)30-17-12-26(13-18-30)25(3)47)33(31)23-34-40(50)46(44-29-15-10-24(2)11-16-29)42(52)43(34,38)28-8-6-5-7-9-28/h5-19,21-22,32-34,37-38,44,48H,4,20,23H2,1-3H3. The van der Waals surface area contributed by atoms with Gasteiger partial charge in [0.2, 0.25) is 11.8 Å². The lowest BCUT2D eigenvalue weighted by molar-refractivity contribution is -0.138. The Kier molecular flexibility index (Phi) is 8.28. The molecule has 4 aromatic carbocycles. The van der Waals surface area contributed by atoms with Crippen LogP contribution in [0.3, 0.4) is 0 Å². The first-order valence-corrected chi connectivity index (χ1v) is 18.0. The van der Waals surface area contributed by atoms with E-state index in [1.165, 1.54) is 17.9 Å². The first kappa shape index (κ1) is 34.1. The number of phenols is 1. The number of ketones is 1. The monoisotopic (exact) mass is 709 g/mol. The van der Waals surface area contributed by atoms with E-state index in [1.807, 2.05) is 74.5 Å². The minimum absolute atomic E-state index is 0.0644. The van der Waals surface area contributed by atoms with Gasteiger partial charge in [0, 0.05) is 11.5 Å². The van der Waals surface area contributed by atoms with Crippen LogP contribution in [-0.2, 0) is 24.6 Å². The molecule has 6 unspecified atom stereocenters. The number of aromatic hydroxyl groups is 1. The third-order valence-corrected chi connectivity index (χ3v) is 11.5. The number of nitrogens with zero attached hydrogens (tertiary/aromatic N) is 2. The number of rotatable bonds is 8. The lowest BCUT2D eigenvalue weighted by Crippen LogP contribution is -2.53. The van der Waals surface area contributed by atoms with Gasteiger partial charge in [0.05, 0.1) is 41.2 Å². The van der Waals surface area contributed by atoms with Crippen molar-refractivity contribution in [2.75, 3.05) is 16.9 Å². The molecule has 0 spiro atoms. The molecule has 268 valence electrons. The summed E-state index contributed by atoms with van der Waals surface area (Å²) < 4.78 is 5.83. The summed E-state index contributed by atoms with van der Waals surface area (Å²) in [5, 5.41) is 11.9. The van der Waals surface area contributed by atoms with Crippen molar-refractivity contribution in [1.82, 2.24) is 5.01 Å². The molecule has 4 amide bonds. The number of hydrogen-bond donors (Lipinski definition) is 2. The third kappa shape index (κ3) is 5.18. The van der Waals surface area contributed by atoms with Gasteiger partial charge in [0.1, 0.15) is 0 Å². The lowest BCUT2D eigenvalue weighted by atomic mass is 9.49. The smallest absolute Gasteiger partial charge is 0.260 e. The van der Waals surface area contributed by atoms with E-state index in [0.29, 0.717) is 28.1 Å². The molecule has 53 heavy (non-hydrogen) atoms. The molecular formula is C43H39N3O7. The second-order valence-electron chi connectivity index (χ2n) is 14.4. The van der Waals surface area contributed by atoms with E-state index in [4.69, 9.17) is 4.74 Å². The van der Waals surface area contributed by atoms with E-state index in [1.54, 1.807) is 36.4 Å². The summed E-state index contributed by atoms with van der Waals surface area (Å²) in [6.07, 6.45) is 2.41. The first-order valence-electron chi connectivity index (χ1n) is 18.0. The molecule has 1 saturated carbocycles. The molecule has 10 nitrogen and oxygen atoms in total. The second-order valence-corrected chi connectivity index (χ2v) is 14.4. The SMILES string of the molecule is CCOc1cc(C2C3=CCC4C(=O)N(c5ccc(C(C)=O)cc5)C(=O)C4C3CC3C(=O)N(Nc4ccc(C)cc4)C(=O)C32c2ccccc2)ccc1O. The van der Waals surface area contributed by atoms with Crippen molar-refractivity contribution in [2.45, 2.75) is 44.9 Å². The number of hydrogen-bond acceptors (Lipinski definition) is 8. The van der Waals surface area contributed by atoms with Gasteiger partial charge in [0.25, 0.3) is 11.8 Å². The highest BCUT2D eigenvalue weighted by atomic mass is 16.5. The number of aryl methyl sites for hydroxylation is 1. The maximum Gasteiger partial charge on any atom is 0.260 e. The number of carbonyl (C=O) groups is 5. The van der Waals surface area contributed by atoms with Gasteiger partial charge in [-0.2, -0.15) is 5.01 Å². The first-order chi connectivity index (χ1) is 25.6. The fraction of sp³-hybridized carbons (Fsp3) is 0.279. The summed E-state index contributed by atoms with van der Waals surface area (Å²) in [6.45, 7) is 5.50. The summed E-state index contributed by atoms with van der Waals surface area (Å²) in [6, 6.07) is 28.1. The largest absolute Gasteiger partial charge is 0.504 e. The number of Topliss-reactive ketones (excluding diaryl/α,β-unsaturated/α-hetero) is 1. The summed E-state index contributed by atoms with van der Waals surface area (Å²) in [7, 11) is 0. The molecule has 2 aliphatic heterocycles. The van der Waals surface area contributed by atoms with Crippen molar-refractivity contribution >= 4 is 40.8 Å². The Bertz CT molecular complexity index is 2200. The number of phenolic OH excluding ortho intramolecular Hbond substituents is 1. The minimum Gasteiger partial charge on any atom is -0.504 e. The highest BCUT2D eigenvalue weighted by Gasteiger charge is 2.70. The van der Waals surface area contributed by atoms with Crippen LogP contribution in [0.2, 0.25) is 0 Å². The Morgan fingerprint density at radius 3 is 2.28 bits per heavy atom. The maximum atomic E-state index is 15.3. The quantitative estimate of drug-likeness (QED) is 0.121. The molecule has 10 heteroatoms. The van der Waals surface area contributed by atoms with Gasteiger partial charge in [-0.1, -0.05) is 65.7 Å². The zero-order chi connectivity index (χ0) is 37.2. The molecule has 2 aliphatic carbocycles. The van der Waals surface area contributed by atoms with Crippen LogP contribution < -0.4 is 15.1 Å². The molecule has 0 aromatic heterocycles. The van der Waals surface area contributed by atoms with Crippen molar-refractivity contribution in [1.29, 1.82) is 0 Å². The van der Waals surface area contributed by atoms with E-state index in [2.05, 4.69) is 5.43 Å². The van der Waals surface area contributed by atoms with Crippen LogP contribution in [0.25, 0.3) is 0 Å². The molecule has 4 aliphatic rings. The molecule has 2 heterocycles. The number of fused-ring (bicyclic) bond motifs is 4. The number of nitrogens with one attached hydrogen (secondary N) is 1. The Balaban J connectivity index is 1.30. The zero-order valence-electron chi connectivity index (χ0n) is 29.6. The fourth-order valence-corrected chi connectivity index (χ4v) is 9.20. The normalized spacial score (nSPS) is 26.2. The summed E-state index contributed by atoms with van der Waals surface area (Å²) in [5.74, 6) is -5.20. The number of ether oxygens (including phenoxy) is 1. The number of anilines is 2. The maximum absolute atomic E-state index is 15.3. The molecule has 4 aromatic rings. The topological polar surface area (TPSA) is 133 Å². The molecular weight excluding hydrogens is 670 g/mol. The number of amides is 4. The van der Waals surface area contributed by atoms with Crippen LogP contribution >= 0.6 is 0 Å². The minimum atomic E-state index is -1.44. The molecule has 0 radical (unpaired) electrons. The number of carbonyl (C=O) groups excluding carboxylic acids is 5. The van der Waals surface area contributed by atoms with Crippen molar-refractivity contribution in [2.24, 2.45) is 23.7 Å². The number of benzene rings is 4. The van der Waals surface area contributed by atoms with Gasteiger partial charge in [-0.05, 0) is 99.2 Å². The van der Waals surface area contributed by atoms with Gasteiger partial charge in [0.15, 0.2) is 17.3 Å². The molecule has 6 atom stereocenters. The van der Waals surface area contributed by atoms with Crippen LogP contribution in [0.15, 0.2) is 109 Å². The fourth-order valence-electron chi connectivity index (χ4n) is 9.20. The number of hydrazine groups is 1. The number of imide groups is 2. The molecule has 3 fully saturated rings. The molecule has 2 saturated heterocycles. The Morgan fingerprint density at radius 2 is 1.60 bits per heavy atom. The molecule has 8 rings (SSSR count). The van der Waals surface area contributed by atoms with E-state index >= 15 is 4.79 Å². The Morgan fingerprint density at radius 1 is 0.887 bits per heavy atom. The van der Waals surface area contributed by atoms with Gasteiger partial charge in [-0.3, -0.25) is 34.3 Å². The van der Waals surface area contributed by atoms with E-state index in [0.717, 1.165) is 16.1 Å². The van der Waals surface area contributed by atoms with Crippen molar-refractivity contribution in [3.8, 4) is 11.5 Å². The average Bonchev–Trinajstić information content (AvgIpc) is 3.54. The van der Waals surface area contributed by atoms with E-state index < -0.39 is 46.8 Å². The van der Waals surface area contributed by atoms with Gasteiger partial charge in [-0.25, -0.2) is 0 Å². The Hall–Kier alpha value is -6.03. The average molecular weight is 710 g/mol. The predicted molar refractivity (Wildman–Crippen MR) is 197 cm³/mol. The summed E-state index contributed by atoms with van der Waals surface area (Å²) in [4.78, 5) is 72.0. The lowest BCUT2D eigenvalue weighted by Gasteiger charge is -2.50. The van der Waals surface area contributed by atoms with Crippen LogP contribution in [-0.4, -0.2) is 46.1 Å². The van der Waals surface area contributed by atoms with Crippen LogP contribution in [0, 0.1) is 30.6 Å². The van der Waals surface area contributed by atoms with Crippen LogP contribution in [0.5, 0.6) is 11.5 Å². The van der Waals surface area contributed by atoms with Crippen molar-refractivity contribution in [3.05, 3.63) is 131 Å². The predicted octanol–water partition coefficient (Wildman–Crippen LogP) is 6.49. The van der Waals surface area contributed by atoms with E-state index in [-0.39, 0.29) is 48.5 Å². The summed E-state index contributed by atoms with van der Waals surface area (Å²) >= 11 is 0. The van der Waals surface area contributed by atoms with Crippen molar-refractivity contribution in [3.63, 3.8) is 0 Å².